The van der Waals surface area contributed by atoms with Crippen molar-refractivity contribution >= 4 is 5.95 Å². The van der Waals surface area contributed by atoms with Crippen LogP contribution in [0.5, 0.6) is 5.75 Å². The van der Waals surface area contributed by atoms with Crippen molar-refractivity contribution in [2.24, 2.45) is 10.8 Å². The monoisotopic (exact) mass is 405 g/mol. The SMILES string of the molecule is COc1cccc(-c2cc(C(F)(F)F)nc(N3C[C@]4(C)C[C@H]3CC(C)(C)C4)n2)c1. The predicted octanol–water partition coefficient (Wildman–Crippen LogP) is 5.58. The lowest BCUT2D eigenvalue weighted by atomic mass is 9.65. The third-order valence-corrected chi connectivity index (χ3v) is 6.04. The summed E-state index contributed by atoms with van der Waals surface area (Å²) in [5, 5.41) is 0. The summed E-state index contributed by atoms with van der Waals surface area (Å²) in [6, 6.07) is 8.11. The molecule has 7 heteroatoms. The highest BCUT2D eigenvalue weighted by Gasteiger charge is 2.50. The van der Waals surface area contributed by atoms with Crippen LogP contribution in [0, 0.1) is 10.8 Å². The van der Waals surface area contributed by atoms with Crippen LogP contribution >= 0.6 is 0 Å². The number of benzene rings is 1. The van der Waals surface area contributed by atoms with Gasteiger partial charge >= 0.3 is 6.18 Å². The normalized spacial score (nSPS) is 25.9. The maximum absolute atomic E-state index is 13.6. The summed E-state index contributed by atoms with van der Waals surface area (Å²) in [5.41, 5.74) is 0.148. The van der Waals surface area contributed by atoms with Crippen molar-refractivity contribution in [3.63, 3.8) is 0 Å². The Hall–Kier alpha value is -2.31. The summed E-state index contributed by atoms with van der Waals surface area (Å²) >= 11 is 0. The molecule has 4 nitrogen and oxygen atoms in total. The van der Waals surface area contributed by atoms with Gasteiger partial charge in [0.1, 0.15) is 5.75 Å². The Kier molecular flexibility index (Phi) is 4.55. The van der Waals surface area contributed by atoms with E-state index in [1.165, 1.54) is 7.11 Å². The van der Waals surface area contributed by atoms with Gasteiger partial charge in [-0.3, -0.25) is 0 Å². The largest absolute Gasteiger partial charge is 0.497 e. The van der Waals surface area contributed by atoms with E-state index in [9.17, 15) is 13.2 Å². The van der Waals surface area contributed by atoms with Crippen LogP contribution in [0.1, 0.15) is 45.7 Å². The summed E-state index contributed by atoms with van der Waals surface area (Å²) < 4.78 is 46.1. The highest BCUT2D eigenvalue weighted by Crippen LogP contribution is 2.53. The Morgan fingerprint density at radius 2 is 1.86 bits per heavy atom. The number of halogens is 3. The van der Waals surface area contributed by atoms with Gasteiger partial charge in [-0.2, -0.15) is 13.2 Å². The quantitative estimate of drug-likeness (QED) is 0.669. The summed E-state index contributed by atoms with van der Waals surface area (Å²) in [6.45, 7) is 7.36. The molecular weight excluding hydrogens is 379 g/mol. The molecule has 0 amide bonds. The van der Waals surface area contributed by atoms with Crippen LogP contribution in [0.2, 0.25) is 0 Å². The number of alkyl halides is 3. The third-order valence-electron chi connectivity index (χ3n) is 6.04. The van der Waals surface area contributed by atoms with E-state index in [0.29, 0.717) is 17.9 Å². The molecular formula is C22H26F3N3O. The lowest BCUT2D eigenvalue weighted by Gasteiger charge is -2.39. The van der Waals surface area contributed by atoms with Gasteiger partial charge in [0, 0.05) is 18.2 Å². The van der Waals surface area contributed by atoms with E-state index >= 15 is 0 Å². The lowest BCUT2D eigenvalue weighted by molar-refractivity contribution is -0.141. The zero-order chi connectivity index (χ0) is 21.0. The zero-order valence-electron chi connectivity index (χ0n) is 17.2. The Morgan fingerprint density at radius 3 is 2.55 bits per heavy atom. The first kappa shape index (κ1) is 20.0. The molecule has 156 valence electrons. The molecule has 2 bridgehead atoms. The van der Waals surface area contributed by atoms with Gasteiger partial charge in [0.15, 0.2) is 5.69 Å². The lowest BCUT2D eigenvalue weighted by Crippen LogP contribution is -2.35. The number of rotatable bonds is 3. The van der Waals surface area contributed by atoms with Crippen molar-refractivity contribution in [3.05, 3.63) is 36.0 Å². The van der Waals surface area contributed by atoms with Crippen LogP contribution in [-0.4, -0.2) is 29.7 Å². The van der Waals surface area contributed by atoms with E-state index in [4.69, 9.17) is 4.74 Å². The zero-order valence-corrected chi connectivity index (χ0v) is 17.2. The molecule has 0 unspecified atom stereocenters. The van der Waals surface area contributed by atoms with Crippen molar-refractivity contribution in [2.45, 2.75) is 52.3 Å². The number of anilines is 1. The smallest absolute Gasteiger partial charge is 0.433 e. The van der Waals surface area contributed by atoms with Crippen molar-refractivity contribution in [3.8, 4) is 17.0 Å². The number of aromatic nitrogens is 2. The average molecular weight is 405 g/mol. The van der Waals surface area contributed by atoms with E-state index in [0.717, 1.165) is 25.3 Å². The Morgan fingerprint density at radius 1 is 1.10 bits per heavy atom. The second kappa shape index (κ2) is 6.61. The summed E-state index contributed by atoms with van der Waals surface area (Å²) in [6.07, 6.45) is -1.60. The van der Waals surface area contributed by atoms with E-state index in [1.807, 2.05) is 4.90 Å². The van der Waals surface area contributed by atoms with Crippen LogP contribution in [0.3, 0.4) is 0 Å². The summed E-state index contributed by atoms with van der Waals surface area (Å²) in [7, 11) is 1.53. The van der Waals surface area contributed by atoms with Gasteiger partial charge in [-0.15, -0.1) is 0 Å². The van der Waals surface area contributed by atoms with Crippen LogP contribution < -0.4 is 9.64 Å². The Labute approximate surface area is 169 Å². The second-order valence-corrected chi connectivity index (χ2v) is 9.51. The van der Waals surface area contributed by atoms with Gasteiger partial charge in [-0.1, -0.05) is 32.9 Å². The molecule has 1 saturated carbocycles. The molecule has 1 aromatic heterocycles. The molecule has 1 aromatic carbocycles. The van der Waals surface area contributed by atoms with Crippen LogP contribution in [0.15, 0.2) is 30.3 Å². The topological polar surface area (TPSA) is 38.2 Å². The van der Waals surface area contributed by atoms with Crippen molar-refractivity contribution in [1.29, 1.82) is 0 Å². The van der Waals surface area contributed by atoms with Crippen molar-refractivity contribution < 1.29 is 17.9 Å². The van der Waals surface area contributed by atoms with Gasteiger partial charge in [-0.05, 0) is 48.3 Å². The van der Waals surface area contributed by atoms with E-state index in [1.54, 1.807) is 24.3 Å². The molecule has 0 N–H and O–H groups in total. The van der Waals surface area contributed by atoms with Crippen LogP contribution in [-0.2, 0) is 6.18 Å². The molecule has 2 aliphatic rings. The molecule has 0 spiro atoms. The molecule has 2 atom stereocenters. The molecule has 1 saturated heterocycles. The number of ether oxygens (including phenoxy) is 1. The van der Waals surface area contributed by atoms with Gasteiger partial charge < -0.3 is 9.64 Å². The number of fused-ring (bicyclic) bond motifs is 2. The minimum atomic E-state index is -4.54. The maximum atomic E-state index is 13.6. The fraction of sp³-hybridized carbons (Fsp3) is 0.545. The highest BCUT2D eigenvalue weighted by atomic mass is 19.4. The number of methoxy groups -OCH3 is 1. The average Bonchev–Trinajstić information content (AvgIpc) is 2.89. The third kappa shape index (κ3) is 3.91. The van der Waals surface area contributed by atoms with Gasteiger partial charge in [0.25, 0.3) is 0 Å². The van der Waals surface area contributed by atoms with Crippen molar-refractivity contribution in [1.82, 2.24) is 9.97 Å². The van der Waals surface area contributed by atoms with Gasteiger partial charge in [0.05, 0.1) is 12.8 Å². The van der Waals surface area contributed by atoms with E-state index in [2.05, 4.69) is 30.7 Å². The van der Waals surface area contributed by atoms with Crippen LogP contribution in [0.4, 0.5) is 19.1 Å². The number of hydrogen-bond donors (Lipinski definition) is 0. The van der Waals surface area contributed by atoms with E-state index in [-0.39, 0.29) is 28.5 Å². The Balaban J connectivity index is 1.80. The molecule has 2 fully saturated rings. The minimum absolute atomic E-state index is 0.0696. The molecule has 2 heterocycles. The molecule has 0 radical (unpaired) electrons. The highest BCUT2D eigenvalue weighted by molar-refractivity contribution is 5.63. The second-order valence-electron chi connectivity index (χ2n) is 9.51. The van der Waals surface area contributed by atoms with Crippen molar-refractivity contribution in [2.75, 3.05) is 18.6 Å². The fourth-order valence-electron chi connectivity index (χ4n) is 5.33. The molecule has 1 aliphatic heterocycles. The standard InChI is InChI=1S/C22H26F3N3O/c1-20(2)10-15-11-21(3,12-20)13-28(15)19-26-17(9-18(27-19)22(23,24)25)14-6-5-7-16(8-14)29-4/h5-9,15H,10-13H2,1-4H3/t15-,21-/m1/s1. The molecule has 4 rings (SSSR count). The van der Waals surface area contributed by atoms with Crippen LogP contribution in [0.25, 0.3) is 11.3 Å². The predicted molar refractivity (Wildman–Crippen MR) is 106 cm³/mol. The molecule has 1 aliphatic carbocycles. The first-order valence-electron chi connectivity index (χ1n) is 9.85. The fourth-order valence-corrected chi connectivity index (χ4v) is 5.33. The first-order valence-corrected chi connectivity index (χ1v) is 9.85. The maximum Gasteiger partial charge on any atom is 0.433 e. The summed E-state index contributed by atoms with van der Waals surface area (Å²) in [5.74, 6) is 0.742. The number of nitrogens with zero attached hydrogens (tertiary/aromatic N) is 3. The van der Waals surface area contributed by atoms with Gasteiger partial charge in [-0.25, -0.2) is 9.97 Å². The van der Waals surface area contributed by atoms with E-state index < -0.39 is 11.9 Å². The van der Waals surface area contributed by atoms with Gasteiger partial charge in [0.2, 0.25) is 5.95 Å². The Bertz CT molecular complexity index is 928. The minimum Gasteiger partial charge on any atom is -0.497 e. The first-order chi connectivity index (χ1) is 13.5. The molecule has 29 heavy (non-hydrogen) atoms. The molecule has 2 aromatic rings. The summed E-state index contributed by atoms with van der Waals surface area (Å²) in [4.78, 5) is 10.5. The number of hydrogen-bond acceptors (Lipinski definition) is 4.